The summed E-state index contributed by atoms with van der Waals surface area (Å²) in [5.41, 5.74) is -0.872. The van der Waals surface area contributed by atoms with Gasteiger partial charge in [0.1, 0.15) is 5.69 Å². The number of carbonyl (C=O) groups is 1. The predicted molar refractivity (Wildman–Crippen MR) is 54.6 cm³/mol. The van der Waals surface area contributed by atoms with Crippen LogP contribution in [0.4, 0.5) is 8.78 Å². The van der Waals surface area contributed by atoms with Crippen LogP contribution in [0.5, 0.6) is 0 Å². The minimum absolute atomic E-state index is 0.0397. The van der Waals surface area contributed by atoms with Crippen molar-refractivity contribution >= 4 is 5.97 Å². The van der Waals surface area contributed by atoms with Crippen molar-refractivity contribution in [3.63, 3.8) is 0 Å². The summed E-state index contributed by atoms with van der Waals surface area (Å²) in [5.74, 6) is -0.729. The molecule has 0 saturated heterocycles. The Labute approximate surface area is 96.8 Å². The number of hydrogen-bond acceptors (Lipinski definition) is 4. The van der Waals surface area contributed by atoms with E-state index in [0.717, 1.165) is 6.07 Å². The third kappa shape index (κ3) is 2.75. The van der Waals surface area contributed by atoms with Gasteiger partial charge in [-0.1, -0.05) is 0 Å². The van der Waals surface area contributed by atoms with Crippen molar-refractivity contribution < 1.29 is 18.3 Å². The van der Waals surface area contributed by atoms with Gasteiger partial charge in [-0.15, -0.1) is 0 Å². The van der Waals surface area contributed by atoms with E-state index in [0.29, 0.717) is 0 Å². The normalized spacial score (nSPS) is 10.1. The summed E-state index contributed by atoms with van der Waals surface area (Å²) >= 11 is 0. The molecule has 0 N–H and O–H groups in total. The van der Waals surface area contributed by atoms with E-state index in [1.54, 1.807) is 13.0 Å². The van der Waals surface area contributed by atoms with Gasteiger partial charge in [0.15, 0.2) is 0 Å². The quantitative estimate of drug-likeness (QED) is 0.761. The first-order valence-electron chi connectivity index (χ1n) is 4.88. The lowest BCUT2D eigenvalue weighted by atomic mass is 10.1. The van der Waals surface area contributed by atoms with Crippen LogP contribution in [0.15, 0.2) is 6.07 Å². The molecule has 90 valence electrons. The fourth-order valence-electron chi connectivity index (χ4n) is 1.36. The zero-order valence-electron chi connectivity index (χ0n) is 9.33. The fourth-order valence-corrected chi connectivity index (χ4v) is 1.36. The van der Waals surface area contributed by atoms with E-state index >= 15 is 0 Å². The first-order valence-corrected chi connectivity index (χ1v) is 4.88. The zero-order valence-corrected chi connectivity index (χ0v) is 9.33. The molecule has 0 aliphatic heterocycles. The average molecular weight is 240 g/mol. The zero-order chi connectivity index (χ0) is 13.0. The number of nitrogens with zero attached hydrogens (tertiary/aromatic N) is 2. The summed E-state index contributed by atoms with van der Waals surface area (Å²) < 4.78 is 30.0. The van der Waals surface area contributed by atoms with Gasteiger partial charge < -0.3 is 4.74 Å². The summed E-state index contributed by atoms with van der Waals surface area (Å²) in [5, 5.41) is 8.76. The molecule has 6 heteroatoms. The van der Waals surface area contributed by atoms with Crippen molar-refractivity contribution in [1.29, 1.82) is 5.26 Å². The number of nitriles is 1. The lowest BCUT2D eigenvalue weighted by molar-refractivity contribution is 0.0518. The number of alkyl halides is 2. The molecule has 0 aliphatic carbocycles. The van der Waals surface area contributed by atoms with Crippen LogP contribution in [-0.4, -0.2) is 17.6 Å². The number of aromatic nitrogens is 1. The van der Waals surface area contributed by atoms with Gasteiger partial charge in [0.2, 0.25) is 0 Å². The number of carbonyl (C=O) groups excluding carboxylic acids is 1. The highest BCUT2D eigenvalue weighted by Gasteiger charge is 2.20. The highest BCUT2D eigenvalue weighted by molar-refractivity contribution is 5.87. The third-order valence-corrected chi connectivity index (χ3v) is 2.07. The smallest absolute Gasteiger partial charge is 0.356 e. The molecule has 17 heavy (non-hydrogen) atoms. The van der Waals surface area contributed by atoms with E-state index < -0.39 is 18.0 Å². The number of esters is 1. The summed E-state index contributed by atoms with van der Waals surface area (Å²) in [6.07, 6.45) is -2.80. The first kappa shape index (κ1) is 13.0. The van der Waals surface area contributed by atoms with E-state index in [2.05, 4.69) is 9.72 Å². The van der Waals surface area contributed by atoms with Gasteiger partial charge in [-0.2, -0.15) is 5.26 Å². The van der Waals surface area contributed by atoms with Crippen LogP contribution < -0.4 is 0 Å². The minimum atomic E-state index is -2.80. The molecule has 0 saturated carbocycles. The van der Waals surface area contributed by atoms with E-state index in [-0.39, 0.29) is 23.6 Å². The number of ether oxygens (including phenoxy) is 1. The van der Waals surface area contributed by atoms with Crippen LogP contribution in [0.1, 0.15) is 40.7 Å². The van der Waals surface area contributed by atoms with Gasteiger partial charge >= 0.3 is 5.97 Å². The van der Waals surface area contributed by atoms with Gasteiger partial charge in [0.25, 0.3) is 6.43 Å². The summed E-state index contributed by atoms with van der Waals surface area (Å²) in [6, 6.07) is 2.65. The monoisotopic (exact) mass is 240 g/mol. The predicted octanol–water partition coefficient (Wildman–Crippen LogP) is 2.38. The molecule has 0 spiro atoms. The summed E-state index contributed by atoms with van der Waals surface area (Å²) in [7, 11) is 0. The maximum atomic E-state index is 12.6. The number of pyridine rings is 1. The van der Waals surface area contributed by atoms with Gasteiger partial charge in [0.05, 0.1) is 23.8 Å². The highest BCUT2D eigenvalue weighted by Crippen LogP contribution is 2.25. The van der Waals surface area contributed by atoms with Crippen molar-refractivity contribution in [2.75, 3.05) is 6.61 Å². The van der Waals surface area contributed by atoms with E-state index in [4.69, 9.17) is 5.26 Å². The molecule has 0 unspecified atom stereocenters. The SMILES string of the molecule is CCOC(=O)c1cc(C#N)c(C(F)F)c(C)n1. The lowest BCUT2D eigenvalue weighted by Gasteiger charge is -2.08. The Hall–Kier alpha value is -2.03. The van der Waals surface area contributed by atoms with Gasteiger partial charge in [-0.05, 0) is 19.9 Å². The highest BCUT2D eigenvalue weighted by atomic mass is 19.3. The Balaban J connectivity index is 3.28. The van der Waals surface area contributed by atoms with Crippen LogP contribution in [0, 0.1) is 18.3 Å². The Bertz CT molecular complexity index is 481. The van der Waals surface area contributed by atoms with E-state index in [1.807, 2.05) is 0 Å². The fraction of sp³-hybridized carbons (Fsp3) is 0.364. The Morgan fingerprint density at radius 1 is 1.65 bits per heavy atom. The molecule has 1 heterocycles. The van der Waals surface area contributed by atoms with Crippen LogP contribution in [-0.2, 0) is 4.74 Å². The largest absolute Gasteiger partial charge is 0.461 e. The van der Waals surface area contributed by atoms with Gasteiger partial charge in [0, 0.05) is 5.69 Å². The lowest BCUT2D eigenvalue weighted by Crippen LogP contribution is -2.10. The van der Waals surface area contributed by atoms with Crippen molar-refractivity contribution in [3.8, 4) is 6.07 Å². The average Bonchev–Trinajstić information content (AvgIpc) is 2.27. The number of aryl methyl sites for hydroxylation is 1. The second kappa shape index (κ2) is 5.34. The van der Waals surface area contributed by atoms with Crippen molar-refractivity contribution in [2.45, 2.75) is 20.3 Å². The van der Waals surface area contributed by atoms with Crippen LogP contribution in [0.2, 0.25) is 0 Å². The molecule has 1 aromatic heterocycles. The molecule has 0 radical (unpaired) electrons. The molecular weight excluding hydrogens is 230 g/mol. The summed E-state index contributed by atoms with van der Waals surface area (Å²) in [4.78, 5) is 15.1. The third-order valence-electron chi connectivity index (χ3n) is 2.07. The van der Waals surface area contributed by atoms with Crippen molar-refractivity contribution in [1.82, 2.24) is 4.98 Å². The Morgan fingerprint density at radius 3 is 2.76 bits per heavy atom. The topological polar surface area (TPSA) is 63.0 Å². The van der Waals surface area contributed by atoms with Crippen LogP contribution in [0.3, 0.4) is 0 Å². The molecule has 0 amide bonds. The summed E-state index contributed by atoms with van der Waals surface area (Å²) in [6.45, 7) is 3.09. The standard InChI is InChI=1S/C11H10F2N2O2/c1-3-17-11(16)8-4-7(5-14)9(10(12)13)6(2)15-8/h4,10H,3H2,1-2H3. The second-order valence-corrected chi connectivity index (χ2v) is 3.19. The molecule has 1 aromatic rings. The first-order chi connectivity index (χ1) is 8.01. The van der Waals surface area contributed by atoms with Crippen LogP contribution in [0.25, 0.3) is 0 Å². The van der Waals surface area contributed by atoms with Crippen molar-refractivity contribution in [2.24, 2.45) is 0 Å². The molecular formula is C11H10F2N2O2. The molecule has 0 bridgehead atoms. The minimum Gasteiger partial charge on any atom is -0.461 e. The van der Waals surface area contributed by atoms with Gasteiger partial charge in [-0.3, -0.25) is 0 Å². The molecule has 0 aromatic carbocycles. The maximum Gasteiger partial charge on any atom is 0.356 e. The number of rotatable bonds is 3. The van der Waals surface area contributed by atoms with E-state index in [1.165, 1.54) is 6.92 Å². The molecule has 1 rings (SSSR count). The molecule has 0 aliphatic rings. The Morgan fingerprint density at radius 2 is 2.29 bits per heavy atom. The molecule has 0 fully saturated rings. The van der Waals surface area contributed by atoms with Gasteiger partial charge in [-0.25, -0.2) is 18.6 Å². The molecule has 4 nitrogen and oxygen atoms in total. The number of hydrogen-bond donors (Lipinski definition) is 0. The second-order valence-electron chi connectivity index (χ2n) is 3.19. The maximum absolute atomic E-state index is 12.6. The number of halogens is 2. The Kier molecular flexibility index (Phi) is 4.10. The van der Waals surface area contributed by atoms with Crippen molar-refractivity contribution in [3.05, 3.63) is 28.6 Å². The molecule has 0 atom stereocenters. The van der Waals surface area contributed by atoms with Crippen LogP contribution >= 0.6 is 0 Å². The van der Waals surface area contributed by atoms with E-state index in [9.17, 15) is 13.6 Å².